The molecule has 31 heavy (non-hydrogen) atoms. The summed E-state index contributed by atoms with van der Waals surface area (Å²) in [7, 11) is 0. The standard InChI is InChI=1S/C24H30N4O3/c1-2-31-24(30)21-9-10-22(25-17-21)27-15-13-26(14-16-27)18-19-5-7-20(8-6-19)23(29)28-11-3-4-12-28/h5-10,17H,2-4,11-16,18H2,1H3. The molecule has 1 aromatic heterocycles. The van der Waals surface area contributed by atoms with Crippen LogP contribution >= 0.6 is 0 Å². The summed E-state index contributed by atoms with van der Waals surface area (Å²) in [6.45, 7) is 8.44. The monoisotopic (exact) mass is 422 g/mol. The summed E-state index contributed by atoms with van der Waals surface area (Å²) < 4.78 is 5.01. The van der Waals surface area contributed by atoms with Crippen molar-refractivity contribution in [1.29, 1.82) is 0 Å². The van der Waals surface area contributed by atoms with Crippen LogP contribution in [0.5, 0.6) is 0 Å². The third-order valence-electron chi connectivity index (χ3n) is 5.96. The molecule has 2 saturated heterocycles. The minimum absolute atomic E-state index is 0.152. The summed E-state index contributed by atoms with van der Waals surface area (Å²) in [6, 6.07) is 11.7. The van der Waals surface area contributed by atoms with Crippen LogP contribution < -0.4 is 4.90 Å². The summed E-state index contributed by atoms with van der Waals surface area (Å²) in [5, 5.41) is 0. The highest BCUT2D eigenvalue weighted by atomic mass is 16.5. The normalized spacial score (nSPS) is 17.1. The van der Waals surface area contributed by atoms with Gasteiger partial charge in [-0.3, -0.25) is 9.69 Å². The highest BCUT2D eigenvalue weighted by Gasteiger charge is 2.21. The quantitative estimate of drug-likeness (QED) is 0.667. The maximum atomic E-state index is 12.5. The van der Waals surface area contributed by atoms with Gasteiger partial charge >= 0.3 is 5.97 Å². The largest absolute Gasteiger partial charge is 0.462 e. The van der Waals surface area contributed by atoms with Crippen LogP contribution in [0.4, 0.5) is 5.82 Å². The van der Waals surface area contributed by atoms with Crippen LogP contribution in [0.3, 0.4) is 0 Å². The van der Waals surface area contributed by atoms with E-state index in [0.29, 0.717) is 12.2 Å². The average molecular weight is 423 g/mol. The molecule has 0 unspecified atom stereocenters. The summed E-state index contributed by atoms with van der Waals surface area (Å²) in [6.07, 6.45) is 3.81. The van der Waals surface area contributed by atoms with E-state index >= 15 is 0 Å². The Morgan fingerprint density at radius 1 is 0.903 bits per heavy atom. The number of benzene rings is 1. The highest BCUT2D eigenvalue weighted by Crippen LogP contribution is 2.17. The first-order chi connectivity index (χ1) is 15.1. The second kappa shape index (κ2) is 9.92. The SMILES string of the molecule is CCOC(=O)c1ccc(N2CCN(Cc3ccc(C(=O)N4CCCC4)cc3)CC2)nc1. The van der Waals surface area contributed by atoms with E-state index in [-0.39, 0.29) is 11.9 Å². The van der Waals surface area contributed by atoms with Gasteiger partial charge in [-0.15, -0.1) is 0 Å². The predicted molar refractivity (Wildman–Crippen MR) is 119 cm³/mol. The van der Waals surface area contributed by atoms with E-state index in [9.17, 15) is 9.59 Å². The zero-order chi connectivity index (χ0) is 21.6. The minimum Gasteiger partial charge on any atom is -0.462 e. The lowest BCUT2D eigenvalue weighted by Crippen LogP contribution is -2.46. The van der Waals surface area contributed by atoms with Gasteiger partial charge in [0, 0.05) is 57.6 Å². The van der Waals surface area contributed by atoms with E-state index < -0.39 is 0 Å². The molecule has 0 atom stereocenters. The van der Waals surface area contributed by atoms with Crippen molar-refractivity contribution in [3.8, 4) is 0 Å². The van der Waals surface area contributed by atoms with Gasteiger partial charge in [-0.05, 0) is 49.6 Å². The van der Waals surface area contributed by atoms with Gasteiger partial charge < -0.3 is 14.5 Å². The molecule has 7 nitrogen and oxygen atoms in total. The van der Waals surface area contributed by atoms with E-state index in [1.54, 1.807) is 19.2 Å². The number of hydrogen-bond acceptors (Lipinski definition) is 6. The molecule has 0 bridgehead atoms. The number of hydrogen-bond donors (Lipinski definition) is 0. The Bertz CT molecular complexity index is 884. The molecule has 7 heteroatoms. The van der Waals surface area contributed by atoms with Crippen LogP contribution in [0, 0.1) is 0 Å². The molecule has 1 aromatic carbocycles. The van der Waals surface area contributed by atoms with Gasteiger partial charge in [0.25, 0.3) is 5.91 Å². The van der Waals surface area contributed by atoms with E-state index in [0.717, 1.165) is 70.0 Å². The van der Waals surface area contributed by atoms with Crippen molar-refractivity contribution in [3.05, 3.63) is 59.3 Å². The van der Waals surface area contributed by atoms with Gasteiger partial charge in [-0.1, -0.05) is 12.1 Å². The Morgan fingerprint density at radius 2 is 1.58 bits per heavy atom. The molecule has 0 spiro atoms. The molecule has 3 heterocycles. The summed E-state index contributed by atoms with van der Waals surface area (Å²) >= 11 is 0. The van der Waals surface area contributed by atoms with Crippen molar-refractivity contribution < 1.29 is 14.3 Å². The Balaban J connectivity index is 1.27. The van der Waals surface area contributed by atoms with E-state index in [1.807, 2.05) is 23.1 Å². The van der Waals surface area contributed by atoms with Crippen molar-refractivity contribution in [2.24, 2.45) is 0 Å². The number of aromatic nitrogens is 1. The van der Waals surface area contributed by atoms with Crippen molar-refractivity contribution >= 4 is 17.7 Å². The van der Waals surface area contributed by atoms with Gasteiger partial charge in [-0.2, -0.15) is 0 Å². The molecular weight excluding hydrogens is 392 g/mol. The van der Waals surface area contributed by atoms with Gasteiger partial charge in [0.05, 0.1) is 12.2 Å². The first kappa shape index (κ1) is 21.3. The second-order valence-corrected chi connectivity index (χ2v) is 8.08. The van der Waals surface area contributed by atoms with E-state index in [1.165, 1.54) is 5.56 Å². The van der Waals surface area contributed by atoms with Crippen LogP contribution in [0.25, 0.3) is 0 Å². The number of ether oxygens (including phenoxy) is 1. The number of piperazine rings is 1. The van der Waals surface area contributed by atoms with Crippen LogP contribution in [0.2, 0.25) is 0 Å². The summed E-state index contributed by atoms with van der Waals surface area (Å²) in [5.41, 5.74) is 2.49. The third kappa shape index (κ3) is 5.22. The van der Waals surface area contributed by atoms with Gasteiger partial charge in [0.15, 0.2) is 0 Å². The number of carbonyl (C=O) groups excluding carboxylic acids is 2. The molecule has 2 aromatic rings. The minimum atomic E-state index is -0.334. The summed E-state index contributed by atoms with van der Waals surface area (Å²) in [5.74, 6) is 0.705. The van der Waals surface area contributed by atoms with E-state index in [2.05, 4.69) is 26.9 Å². The number of nitrogens with zero attached hydrogens (tertiary/aromatic N) is 4. The maximum absolute atomic E-state index is 12.5. The van der Waals surface area contributed by atoms with Crippen molar-refractivity contribution in [1.82, 2.24) is 14.8 Å². The Hall–Kier alpha value is -2.93. The van der Waals surface area contributed by atoms with Crippen LogP contribution in [0.15, 0.2) is 42.6 Å². The number of esters is 1. The number of anilines is 1. The van der Waals surface area contributed by atoms with Crippen molar-refractivity contribution in [2.45, 2.75) is 26.3 Å². The van der Waals surface area contributed by atoms with Gasteiger partial charge in [0.1, 0.15) is 5.82 Å². The topological polar surface area (TPSA) is 66.0 Å². The Labute approximate surface area is 183 Å². The second-order valence-electron chi connectivity index (χ2n) is 8.08. The lowest BCUT2D eigenvalue weighted by molar-refractivity contribution is 0.0525. The first-order valence-electron chi connectivity index (χ1n) is 11.1. The number of amides is 1. The van der Waals surface area contributed by atoms with Crippen molar-refractivity contribution in [3.63, 3.8) is 0 Å². The Kier molecular flexibility index (Phi) is 6.82. The number of rotatable bonds is 6. The smallest absolute Gasteiger partial charge is 0.339 e. The molecule has 0 aliphatic carbocycles. The number of pyridine rings is 1. The average Bonchev–Trinajstić information content (AvgIpc) is 3.35. The van der Waals surface area contributed by atoms with Gasteiger partial charge in [-0.25, -0.2) is 9.78 Å². The molecule has 0 N–H and O–H groups in total. The molecule has 164 valence electrons. The number of carbonyl (C=O) groups is 2. The lowest BCUT2D eigenvalue weighted by Gasteiger charge is -2.35. The molecule has 0 saturated carbocycles. The lowest BCUT2D eigenvalue weighted by atomic mass is 10.1. The molecule has 2 fully saturated rings. The van der Waals surface area contributed by atoms with Crippen LogP contribution in [-0.2, 0) is 11.3 Å². The van der Waals surface area contributed by atoms with Crippen molar-refractivity contribution in [2.75, 3.05) is 50.8 Å². The third-order valence-corrected chi connectivity index (χ3v) is 5.96. The van der Waals surface area contributed by atoms with Crippen LogP contribution in [0.1, 0.15) is 46.0 Å². The fourth-order valence-electron chi connectivity index (χ4n) is 4.16. The predicted octanol–water partition coefficient (Wildman–Crippen LogP) is 2.82. The fourth-order valence-corrected chi connectivity index (χ4v) is 4.16. The molecule has 1 amide bonds. The molecule has 2 aliphatic rings. The highest BCUT2D eigenvalue weighted by molar-refractivity contribution is 5.94. The molecule has 2 aliphatic heterocycles. The van der Waals surface area contributed by atoms with Gasteiger partial charge in [0.2, 0.25) is 0 Å². The fraction of sp³-hybridized carbons (Fsp3) is 0.458. The first-order valence-corrected chi connectivity index (χ1v) is 11.1. The zero-order valence-electron chi connectivity index (χ0n) is 18.1. The zero-order valence-corrected chi connectivity index (χ0v) is 18.1. The maximum Gasteiger partial charge on any atom is 0.339 e. The molecular formula is C24H30N4O3. The molecule has 4 rings (SSSR count). The van der Waals surface area contributed by atoms with E-state index in [4.69, 9.17) is 4.74 Å². The number of likely N-dealkylation sites (tertiary alicyclic amines) is 1. The Morgan fingerprint density at radius 3 is 2.19 bits per heavy atom. The molecule has 0 radical (unpaired) electrons. The summed E-state index contributed by atoms with van der Waals surface area (Å²) in [4.78, 5) is 35.3. The van der Waals surface area contributed by atoms with Crippen LogP contribution in [-0.4, -0.2) is 72.5 Å².